The van der Waals surface area contributed by atoms with E-state index in [1.165, 1.54) is 0 Å². The molecule has 2 aromatic heterocycles. The number of aromatic amines is 2. The maximum absolute atomic E-state index is 12.6. The first kappa shape index (κ1) is 32.7. The Kier molecular flexibility index (Phi) is 8.54. The molecule has 1 unspecified atom stereocenters. The highest BCUT2D eigenvalue weighted by Crippen LogP contribution is 2.35. The molecule has 0 spiro atoms. The van der Waals surface area contributed by atoms with Gasteiger partial charge in [-0.05, 0) is 64.8 Å². The first-order chi connectivity index (χ1) is 26.6. The van der Waals surface area contributed by atoms with Crippen LogP contribution < -0.4 is 21.3 Å². The summed E-state index contributed by atoms with van der Waals surface area (Å²) in [5.74, 6) is -0.177. The van der Waals surface area contributed by atoms with Crippen LogP contribution in [0.4, 0.5) is 0 Å². The number of rotatable bonds is 6. The summed E-state index contributed by atoms with van der Waals surface area (Å²) in [5.41, 5.74) is 13.9. The molecule has 8 bridgehead atoms. The predicted octanol–water partition coefficient (Wildman–Crippen LogP) is 7.27. The predicted molar refractivity (Wildman–Crippen MR) is 219 cm³/mol. The largest absolute Gasteiger partial charge is 0.374 e. The van der Waals surface area contributed by atoms with E-state index in [2.05, 4.69) is 160 Å². The van der Waals surface area contributed by atoms with Gasteiger partial charge in [0.05, 0.1) is 22.8 Å². The van der Waals surface area contributed by atoms with Gasteiger partial charge in [0.25, 0.3) is 0 Å². The van der Waals surface area contributed by atoms with E-state index in [0.717, 1.165) is 89.3 Å². The lowest BCUT2D eigenvalue weighted by Crippen LogP contribution is -2.30. The third kappa shape index (κ3) is 6.10. The maximum Gasteiger partial charge on any atom is 0.243 e. The van der Waals surface area contributed by atoms with Crippen LogP contribution in [-0.2, 0) is 4.79 Å². The molecule has 1 amide bonds. The van der Waals surface area contributed by atoms with Crippen LogP contribution in [0.25, 0.3) is 28.4 Å². The molecule has 0 saturated heterocycles. The van der Waals surface area contributed by atoms with Gasteiger partial charge in [0.2, 0.25) is 5.91 Å². The average Bonchev–Trinajstić information content (AvgIpc) is 4.06. The molecule has 3 aliphatic rings. The zero-order valence-corrected chi connectivity index (χ0v) is 29.7. The molecule has 4 N–H and O–H groups in total. The lowest BCUT2D eigenvalue weighted by Gasteiger charge is -2.19. The van der Waals surface area contributed by atoms with Gasteiger partial charge in [-0.25, -0.2) is 4.99 Å². The normalized spacial score (nSPS) is 20.0. The van der Waals surface area contributed by atoms with Gasteiger partial charge >= 0.3 is 0 Å². The Balaban J connectivity index is 1.43. The van der Waals surface area contributed by atoms with Gasteiger partial charge < -0.3 is 20.6 Å². The Bertz CT molecular complexity index is 2710. The quantitative estimate of drug-likeness (QED) is 0.138. The monoisotopic (exact) mass is 699 g/mol. The number of fused-ring (bicyclic) bond motifs is 7. The molecule has 0 fully saturated rings. The number of benzene rings is 4. The Morgan fingerprint density at radius 3 is 1.85 bits per heavy atom. The smallest absolute Gasteiger partial charge is 0.243 e. The summed E-state index contributed by atoms with van der Waals surface area (Å²) in [5, 5.41) is 8.45. The lowest BCUT2D eigenvalue weighted by atomic mass is 9.97. The van der Waals surface area contributed by atoms with Crippen molar-refractivity contribution in [3.8, 4) is 0 Å². The molecule has 6 nitrogen and oxygen atoms in total. The second kappa shape index (κ2) is 14.1. The van der Waals surface area contributed by atoms with Crippen molar-refractivity contribution in [2.45, 2.75) is 6.04 Å². The number of aliphatic imine (C=N–C) groups is 1. The van der Waals surface area contributed by atoms with Gasteiger partial charge in [0, 0.05) is 63.4 Å². The summed E-state index contributed by atoms with van der Waals surface area (Å²) < 4.78 is 0. The maximum atomic E-state index is 12.6. The molecule has 0 saturated carbocycles. The third-order valence-electron chi connectivity index (χ3n) is 10.0. The van der Waals surface area contributed by atoms with Crippen molar-refractivity contribution >= 4 is 40.0 Å². The minimum Gasteiger partial charge on any atom is -0.374 e. The molecule has 4 aromatic carbocycles. The molecule has 54 heavy (non-hydrogen) atoms. The number of amides is 1. The van der Waals surface area contributed by atoms with Crippen molar-refractivity contribution in [2.75, 3.05) is 7.05 Å². The molecule has 9 rings (SSSR count). The Morgan fingerprint density at radius 1 is 0.648 bits per heavy atom. The number of carbonyl (C=O) groups excluding carboxylic acids is 1. The highest BCUT2D eigenvalue weighted by molar-refractivity contribution is 6.30. The van der Waals surface area contributed by atoms with E-state index in [4.69, 9.17) is 4.99 Å². The summed E-state index contributed by atoms with van der Waals surface area (Å²) in [6, 6.07) is 48.0. The highest BCUT2D eigenvalue weighted by atomic mass is 16.1. The number of H-pyrrole nitrogens is 2. The Morgan fingerprint density at radius 2 is 1.22 bits per heavy atom. The number of carbonyl (C=O) groups is 1. The third-order valence-corrected chi connectivity index (χ3v) is 10.0. The van der Waals surface area contributed by atoms with Crippen molar-refractivity contribution in [1.29, 1.82) is 0 Å². The van der Waals surface area contributed by atoms with Crippen LogP contribution in [0.1, 0.15) is 39.2 Å². The first-order valence-corrected chi connectivity index (χ1v) is 18.1. The zero-order chi connectivity index (χ0) is 36.4. The minimum absolute atomic E-state index is 0.177. The van der Waals surface area contributed by atoms with Gasteiger partial charge in [-0.3, -0.25) is 4.79 Å². The number of nitrogens with zero attached hydrogens (tertiary/aromatic N) is 1. The van der Waals surface area contributed by atoms with E-state index in [1.54, 1.807) is 13.1 Å². The number of nitrogens with one attached hydrogen (secondary N) is 4. The van der Waals surface area contributed by atoms with E-state index in [1.807, 2.05) is 30.3 Å². The molecule has 0 aliphatic carbocycles. The number of allylic oxidation sites excluding steroid dienone is 3. The Hall–Kier alpha value is -7.18. The van der Waals surface area contributed by atoms with Crippen molar-refractivity contribution < 1.29 is 4.79 Å². The van der Waals surface area contributed by atoms with Crippen LogP contribution in [0.3, 0.4) is 0 Å². The number of likely N-dealkylation sites (N-methyl/N-ethyl adjacent to an activating group) is 1. The summed E-state index contributed by atoms with van der Waals surface area (Å²) in [4.78, 5) is 25.7. The molecule has 260 valence electrons. The van der Waals surface area contributed by atoms with Crippen LogP contribution >= 0.6 is 0 Å². The summed E-state index contributed by atoms with van der Waals surface area (Å²) in [6.45, 7) is 0. The number of hydrogen-bond donors (Lipinski definition) is 4. The number of hydrogen-bond acceptors (Lipinski definition) is 3. The fourth-order valence-corrected chi connectivity index (χ4v) is 7.57. The summed E-state index contributed by atoms with van der Waals surface area (Å²) in [6.07, 6.45) is 12.1. The van der Waals surface area contributed by atoms with E-state index in [9.17, 15) is 4.79 Å². The van der Waals surface area contributed by atoms with Crippen molar-refractivity contribution in [1.82, 2.24) is 20.6 Å². The molecule has 6 aromatic rings. The molecule has 3 aliphatic heterocycles. The van der Waals surface area contributed by atoms with Crippen LogP contribution in [0.15, 0.2) is 186 Å². The van der Waals surface area contributed by atoms with E-state index in [0.29, 0.717) is 0 Å². The van der Waals surface area contributed by atoms with Crippen LogP contribution in [0.5, 0.6) is 0 Å². The fraction of sp³-hybridized carbons (Fsp3) is 0.0417. The Labute approximate surface area is 313 Å². The van der Waals surface area contributed by atoms with E-state index >= 15 is 0 Å². The average molecular weight is 700 g/mol. The highest BCUT2D eigenvalue weighted by Gasteiger charge is 2.26. The van der Waals surface area contributed by atoms with Gasteiger partial charge in [0.1, 0.15) is 0 Å². The SMILES string of the molecule is CNC(=O)/C=C/c1c/c2[nH]c1=C(c1ccccc1)C1C=C/C(=C(\c3ccccc3)c3ccc([nH]3)/C(c3ccccc3)=C3/C=CC(=N3)\C=2c2ccccc2)N1. The topological polar surface area (TPSA) is 85.1 Å². The molecule has 0 radical (unpaired) electrons. The minimum atomic E-state index is -0.197. The van der Waals surface area contributed by atoms with Crippen molar-refractivity contribution in [2.24, 2.45) is 4.99 Å². The van der Waals surface area contributed by atoms with Crippen LogP contribution in [0.2, 0.25) is 0 Å². The van der Waals surface area contributed by atoms with Crippen LogP contribution in [-0.4, -0.2) is 34.7 Å². The fourth-order valence-electron chi connectivity index (χ4n) is 7.57. The van der Waals surface area contributed by atoms with Gasteiger partial charge in [-0.1, -0.05) is 127 Å². The summed E-state index contributed by atoms with van der Waals surface area (Å²) >= 11 is 0. The van der Waals surface area contributed by atoms with Gasteiger partial charge in [-0.15, -0.1) is 0 Å². The van der Waals surface area contributed by atoms with Crippen molar-refractivity contribution in [3.05, 3.63) is 231 Å². The van der Waals surface area contributed by atoms with Gasteiger partial charge in [0.15, 0.2) is 0 Å². The molecule has 1 atom stereocenters. The van der Waals surface area contributed by atoms with E-state index in [-0.39, 0.29) is 11.9 Å². The molecular formula is C48H37N5O. The standard InChI is InChI=1S/C48H37N5O/c1-49-43(54)29-22-35-30-42-46(33-18-10-4-11-19-33)40-26-25-38(51-40)44(31-14-6-2-7-15-31)36-23-24-37(50-36)45(32-16-8-3-9-17-32)39-27-28-41(52-39)47(48(35)53-42)34-20-12-5-13-21-34/h2-30,41,50,52-53H,1H3,(H,49,54)/b29-22+,44-38-,45-39-,46-42-,48-47?. The summed E-state index contributed by atoms with van der Waals surface area (Å²) in [7, 11) is 1.64. The number of aromatic nitrogens is 2. The van der Waals surface area contributed by atoms with Crippen molar-refractivity contribution in [3.63, 3.8) is 0 Å². The second-order valence-electron chi connectivity index (χ2n) is 13.4. The second-order valence-corrected chi connectivity index (χ2v) is 13.4. The molecule has 5 heterocycles. The lowest BCUT2D eigenvalue weighted by molar-refractivity contribution is -0.115. The molecular weight excluding hydrogens is 663 g/mol. The van der Waals surface area contributed by atoms with E-state index < -0.39 is 0 Å². The van der Waals surface area contributed by atoms with Gasteiger partial charge in [-0.2, -0.15) is 0 Å². The zero-order valence-electron chi connectivity index (χ0n) is 29.7. The first-order valence-electron chi connectivity index (χ1n) is 18.1. The van der Waals surface area contributed by atoms with Crippen LogP contribution in [0, 0.1) is 0 Å². The molecule has 6 heteroatoms.